The van der Waals surface area contributed by atoms with E-state index in [0.29, 0.717) is 16.9 Å². The fourth-order valence-electron chi connectivity index (χ4n) is 4.93. The number of anilines is 1. The molecule has 210 valence electrons. The molecule has 1 unspecified atom stereocenters. The molecule has 1 amide bonds. The van der Waals surface area contributed by atoms with E-state index in [2.05, 4.69) is 15.3 Å². The molecule has 0 radical (unpaired) electrons. The fourth-order valence-corrected chi connectivity index (χ4v) is 4.93. The van der Waals surface area contributed by atoms with E-state index < -0.39 is 30.2 Å². The van der Waals surface area contributed by atoms with Crippen LogP contribution in [-0.2, 0) is 17.8 Å². The SMILES string of the molecule is CC(C)(C)OC(=O)N1Cc2c(F)ccc3c2C(CO3)COc2cc(-c3ccn(CC(F)(F)F)n3)c3nncn3c21. The third-order valence-corrected chi connectivity index (χ3v) is 6.50. The molecule has 0 bridgehead atoms. The molecule has 2 aliphatic rings. The molecule has 0 fully saturated rings. The standard InChI is InChI=1S/C26H24F4N6O4/c1-25(2,3)40-24(37)35-9-16-17(27)4-5-19-21(16)14(10-38-19)11-39-20-8-15(22-32-31-13-36(22)23(20)35)18-6-7-34(33-18)12-26(28,29)30/h4-8,13-14H,9-12H2,1-3H3. The summed E-state index contributed by atoms with van der Waals surface area (Å²) < 4.78 is 74.1. The average molecular weight is 561 g/mol. The maximum Gasteiger partial charge on any atom is 0.416 e. The molecule has 1 atom stereocenters. The molecule has 2 aliphatic heterocycles. The topological polar surface area (TPSA) is 96.0 Å². The summed E-state index contributed by atoms with van der Waals surface area (Å²) in [6.07, 6.45) is -2.68. The van der Waals surface area contributed by atoms with E-state index in [1.165, 1.54) is 34.0 Å². The van der Waals surface area contributed by atoms with Crippen LogP contribution in [0, 0.1) is 5.82 Å². The Hall–Kier alpha value is -4.36. The molecule has 10 nitrogen and oxygen atoms in total. The van der Waals surface area contributed by atoms with E-state index in [0.717, 1.165) is 4.68 Å². The molecule has 14 heteroatoms. The minimum atomic E-state index is -4.46. The fraction of sp³-hybridized carbons (Fsp3) is 0.385. The number of ether oxygens (including phenoxy) is 3. The Labute approximate surface area is 225 Å². The van der Waals surface area contributed by atoms with Gasteiger partial charge in [-0.1, -0.05) is 0 Å². The molecule has 4 aromatic rings. The predicted octanol–water partition coefficient (Wildman–Crippen LogP) is 5.10. The number of benzene rings is 1. The number of amides is 1. The van der Waals surface area contributed by atoms with Crippen molar-refractivity contribution >= 4 is 17.6 Å². The van der Waals surface area contributed by atoms with Crippen LogP contribution in [-0.4, -0.2) is 55.5 Å². The second-order valence-electron chi connectivity index (χ2n) is 10.6. The van der Waals surface area contributed by atoms with E-state index in [-0.39, 0.29) is 54.1 Å². The molecule has 40 heavy (non-hydrogen) atoms. The second-order valence-corrected chi connectivity index (χ2v) is 10.6. The van der Waals surface area contributed by atoms with Crippen molar-refractivity contribution in [1.82, 2.24) is 24.4 Å². The van der Waals surface area contributed by atoms with Crippen LogP contribution in [0.3, 0.4) is 0 Å². The highest BCUT2D eigenvalue weighted by Crippen LogP contribution is 2.44. The Morgan fingerprint density at radius 1 is 1.12 bits per heavy atom. The minimum Gasteiger partial charge on any atom is -0.493 e. The summed E-state index contributed by atoms with van der Waals surface area (Å²) in [5.74, 6) is 0.00696. The zero-order valence-electron chi connectivity index (χ0n) is 21.7. The number of carbonyl (C=O) groups excluding carboxylic acids is 1. The quantitative estimate of drug-likeness (QED) is 0.315. The molecule has 5 heterocycles. The first-order chi connectivity index (χ1) is 18.9. The summed E-state index contributed by atoms with van der Waals surface area (Å²) in [6, 6.07) is 5.80. The summed E-state index contributed by atoms with van der Waals surface area (Å²) in [5.41, 5.74) is 0.710. The number of halogens is 4. The summed E-state index contributed by atoms with van der Waals surface area (Å²) >= 11 is 0. The van der Waals surface area contributed by atoms with E-state index >= 15 is 4.39 Å². The lowest BCUT2D eigenvalue weighted by molar-refractivity contribution is -0.142. The van der Waals surface area contributed by atoms with Gasteiger partial charge in [0.15, 0.2) is 17.2 Å². The van der Waals surface area contributed by atoms with Gasteiger partial charge >= 0.3 is 12.3 Å². The van der Waals surface area contributed by atoms with Crippen LogP contribution in [0.25, 0.3) is 16.9 Å². The number of fused-ring (bicyclic) bond motifs is 3. The summed E-state index contributed by atoms with van der Waals surface area (Å²) in [6.45, 7) is 3.96. The molecule has 1 aromatic carbocycles. The Morgan fingerprint density at radius 2 is 1.88 bits per heavy atom. The van der Waals surface area contributed by atoms with Gasteiger partial charge in [-0.25, -0.2) is 9.18 Å². The third kappa shape index (κ3) is 4.67. The van der Waals surface area contributed by atoms with Gasteiger partial charge in [-0.15, -0.1) is 10.2 Å². The molecular weight excluding hydrogens is 536 g/mol. The summed E-state index contributed by atoms with van der Waals surface area (Å²) in [4.78, 5) is 14.9. The first kappa shape index (κ1) is 25.9. The van der Waals surface area contributed by atoms with Crippen LogP contribution >= 0.6 is 0 Å². The molecule has 0 saturated heterocycles. The van der Waals surface area contributed by atoms with E-state index in [4.69, 9.17) is 14.2 Å². The van der Waals surface area contributed by atoms with Crippen molar-refractivity contribution < 1.29 is 36.6 Å². The van der Waals surface area contributed by atoms with E-state index in [9.17, 15) is 18.0 Å². The highest BCUT2D eigenvalue weighted by molar-refractivity contribution is 5.91. The molecule has 0 aliphatic carbocycles. The van der Waals surface area contributed by atoms with Gasteiger partial charge in [-0.2, -0.15) is 18.3 Å². The average Bonchev–Trinajstić information content (AvgIpc) is 3.59. The number of alkyl halides is 3. The molecular formula is C26H24F4N6O4. The molecule has 0 N–H and O–H groups in total. The number of aromatic nitrogens is 5. The van der Waals surface area contributed by atoms with Gasteiger partial charge < -0.3 is 14.2 Å². The second kappa shape index (κ2) is 9.10. The van der Waals surface area contributed by atoms with E-state index in [1.807, 2.05) is 0 Å². The molecule has 0 saturated carbocycles. The van der Waals surface area contributed by atoms with Crippen molar-refractivity contribution in [2.75, 3.05) is 18.1 Å². The van der Waals surface area contributed by atoms with Gasteiger partial charge in [0, 0.05) is 17.3 Å². The van der Waals surface area contributed by atoms with Crippen molar-refractivity contribution in [3.63, 3.8) is 0 Å². The summed E-state index contributed by atoms with van der Waals surface area (Å²) in [5, 5.41) is 12.2. The zero-order chi connectivity index (χ0) is 28.4. The van der Waals surface area contributed by atoms with Crippen molar-refractivity contribution in [3.05, 3.63) is 53.7 Å². The first-order valence-electron chi connectivity index (χ1n) is 12.4. The van der Waals surface area contributed by atoms with Gasteiger partial charge in [0.25, 0.3) is 0 Å². The zero-order valence-corrected chi connectivity index (χ0v) is 21.7. The van der Waals surface area contributed by atoms with Crippen LogP contribution in [0.15, 0.2) is 36.8 Å². The van der Waals surface area contributed by atoms with Crippen LogP contribution in [0.4, 0.5) is 28.2 Å². The van der Waals surface area contributed by atoms with Crippen molar-refractivity contribution in [1.29, 1.82) is 0 Å². The van der Waals surface area contributed by atoms with Crippen LogP contribution in [0.2, 0.25) is 0 Å². The molecule has 0 spiro atoms. The number of nitrogens with zero attached hydrogens (tertiary/aromatic N) is 6. The van der Waals surface area contributed by atoms with E-state index in [1.54, 1.807) is 32.9 Å². The largest absolute Gasteiger partial charge is 0.493 e. The van der Waals surface area contributed by atoms with Gasteiger partial charge in [0.2, 0.25) is 0 Å². The summed E-state index contributed by atoms with van der Waals surface area (Å²) in [7, 11) is 0. The maximum atomic E-state index is 15.3. The number of rotatable bonds is 2. The van der Waals surface area contributed by atoms with Crippen molar-refractivity contribution in [2.45, 2.75) is 51.6 Å². The van der Waals surface area contributed by atoms with Crippen LogP contribution in [0.5, 0.6) is 11.5 Å². The highest BCUT2D eigenvalue weighted by atomic mass is 19.4. The number of carbonyl (C=O) groups is 1. The Bertz CT molecular complexity index is 1620. The van der Waals surface area contributed by atoms with Crippen LogP contribution in [0.1, 0.15) is 37.8 Å². The minimum absolute atomic E-state index is 0.0776. The maximum absolute atomic E-state index is 15.3. The van der Waals surface area contributed by atoms with Gasteiger partial charge in [0.05, 0.1) is 36.9 Å². The van der Waals surface area contributed by atoms with Gasteiger partial charge in [-0.3, -0.25) is 14.0 Å². The Kier molecular flexibility index (Phi) is 5.89. The van der Waals surface area contributed by atoms with Gasteiger partial charge in [0.1, 0.15) is 30.0 Å². The van der Waals surface area contributed by atoms with Crippen LogP contribution < -0.4 is 14.4 Å². The third-order valence-electron chi connectivity index (χ3n) is 6.50. The van der Waals surface area contributed by atoms with Crippen molar-refractivity contribution in [2.24, 2.45) is 0 Å². The van der Waals surface area contributed by atoms with Gasteiger partial charge in [-0.05, 0) is 45.0 Å². The lowest BCUT2D eigenvalue weighted by atomic mass is 9.95. The Morgan fingerprint density at radius 3 is 2.60 bits per heavy atom. The normalized spacial score (nSPS) is 16.9. The predicted molar refractivity (Wildman–Crippen MR) is 133 cm³/mol. The lowest BCUT2D eigenvalue weighted by Gasteiger charge is -2.29. The lowest BCUT2D eigenvalue weighted by Crippen LogP contribution is -2.38. The number of hydrogen-bond acceptors (Lipinski definition) is 7. The smallest absolute Gasteiger partial charge is 0.416 e. The first-order valence-corrected chi connectivity index (χ1v) is 12.4. The molecule has 6 rings (SSSR count). The number of hydrogen-bond donors (Lipinski definition) is 0. The highest BCUT2D eigenvalue weighted by Gasteiger charge is 2.37. The monoisotopic (exact) mass is 560 g/mol. The Balaban J connectivity index is 1.54. The number of pyridine rings is 1. The van der Waals surface area contributed by atoms with Crippen molar-refractivity contribution in [3.8, 4) is 22.8 Å². The molecule has 3 aromatic heterocycles.